The van der Waals surface area contributed by atoms with Crippen molar-refractivity contribution in [1.82, 2.24) is 0 Å². The minimum absolute atomic E-state index is 0.325. The van der Waals surface area contributed by atoms with E-state index in [-0.39, 0.29) is 11.8 Å². The Balaban J connectivity index is 1.90. The minimum Gasteiger partial charge on any atom is -0.496 e. The molecule has 0 saturated carbocycles. The van der Waals surface area contributed by atoms with Crippen LogP contribution in [0, 0.1) is 0 Å². The van der Waals surface area contributed by atoms with Crippen molar-refractivity contribution in [2.24, 2.45) is 4.99 Å². The summed E-state index contributed by atoms with van der Waals surface area (Å²) in [6, 6.07) is 13.7. The summed E-state index contributed by atoms with van der Waals surface area (Å²) in [6.07, 6.45) is 1.74. The number of anilines is 1. The van der Waals surface area contributed by atoms with Crippen LogP contribution in [0.25, 0.3) is 6.08 Å². The number of fused-ring (bicyclic) bond motifs is 2. The van der Waals surface area contributed by atoms with Gasteiger partial charge in [-0.3, -0.25) is 14.6 Å². The van der Waals surface area contributed by atoms with E-state index in [0.29, 0.717) is 22.7 Å². The van der Waals surface area contributed by atoms with Gasteiger partial charge in [-0.25, -0.2) is 4.90 Å². The maximum absolute atomic E-state index is 12.9. The molecular weight excluding hydrogens is 316 g/mol. The van der Waals surface area contributed by atoms with Gasteiger partial charge in [0.1, 0.15) is 5.75 Å². The molecule has 5 heteroatoms. The predicted octanol–water partition coefficient (Wildman–Crippen LogP) is 2.84. The van der Waals surface area contributed by atoms with Crippen LogP contribution in [0.3, 0.4) is 0 Å². The molecule has 2 amide bonds. The second-order valence-electron chi connectivity index (χ2n) is 5.95. The number of amides is 2. The third-order valence-corrected chi connectivity index (χ3v) is 4.51. The molecule has 0 bridgehead atoms. The number of imide groups is 1. The molecule has 0 aromatic heterocycles. The van der Waals surface area contributed by atoms with Crippen molar-refractivity contribution in [2.75, 3.05) is 12.0 Å². The molecule has 1 saturated heterocycles. The Labute approximate surface area is 145 Å². The van der Waals surface area contributed by atoms with Gasteiger partial charge in [-0.1, -0.05) is 30.3 Å². The van der Waals surface area contributed by atoms with Crippen LogP contribution in [0.4, 0.5) is 5.69 Å². The van der Waals surface area contributed by atoms with Gasteiger partial charge in [0.05, 0.1) is 18.4 Å². The maximum Gasteiger partial charge on any atom is 0.263 e. The zero-order valence-corrected chi connectivity index (χ0v) is 13.9. The summed E-state index contributed by atoms with van der Waals surface area (Å²) in [5, 5.41) is 0. The molecule has 1 fully saturated rings. The topological polar surface area (TPSA) is 59.0 Å². The number of methoxy groups -OCH3 is 1. The first-order valence-corrected chi connectivity index (χ1v) is 7.98. The van der Waals surface area contributed by atoms with E-state index < -0.39 is 6.04 Å². The van der Waals surface area contributed by atoms with Gasteiger partial charge in [0, 0.05) is 16.8 Å². The third-order valence-electron chi connectivity index (χ3n) is 4.51. The fraction of sp³-hybridized carbons (Fsp3) is 0.150. The lowest BCUT2D eigenvalue weighted by Gasteiger charge is -2.14. The molecular formula is C20H16N2O3. The highest BCUT2D eigenvalue weighted by Gasteiger charge is 2.45. The largest absolute Gasteiger partial charge is 0.496 e. The Bertz CT molecular complexity index is 945. The Morgan fingerprint density at radius 2 is 1.80 bits per heavy atom. The lowest BCUT2D eigenvalue weighted by Crippen LogP contribution is -2.31. The standard InChI is InChI=1S/C20H16N2O3/c1-12-14-9-6-10-17(25-2)15(14)11-16-18(21-12)20(24)22(19(16)23)13-7-4-3-5-8-13/h3-11,18H,1-2H3. The lowest BCUT2D eigenvalue weighted by molar-refractivity contribution is -0.121. The number of carbonyl (C=O) groups excluding carboxylic acids is 2. The van der Waals surface area contributed by atoms with Crippen molar-refractivity contribution >= 4 is 29.3 Å². The molecule has 2 aliphatic heterocycles. The first-order valence-electron chi connectivity index (χ1n) is 7.98. The second-order valence-corrected chi connectivity index (χ2v) is 5.95. The Morgan fingerprint density at radius 1 is 1.04 bits per heavy atom. The van der Waals surface area contributed by atoms with Crippen LogP contribution < -0.4 is 9.64 Å². The van der Waals surface area contributed by atoms with E-state index in [1.807, 2.05) is 31.2 Å². The van der Waals surface area contributed by atoms with E-state index in [0.717, 1.165) is 11.1 Å². The number of benzene rings is 2. The summed E-state index contributed by atoms with van der Waals surface area (Å²) < 4.78 is 5.43. The van der Waals surface area contributed by atoms with Crippen molar-refractivity contribution < 1.29 is 14.3 Å². The van der Waals surface area contributed by atoms with Gasteiger partial charge in [0.15, 0.2) is 6.04 Å². The summed E-state index contributed by atoms with van der Waals surface area (Å²) >= 11 is 0. The van der Waals surface area contributed by atoms with Crippen molar-refractivity contribution in [1.29, 1.82) is 0 Å². The lowest BCUT2D eigenvalue weighted by atomic mass is 10.0. The van der Waals surface area contributed by atoms with E-state index >= 15 is 0 Å². The first kappa shape index (κ1) is 15.3. The van der Waals surface area contributed by atoms with E-state index in [1.54, 1.807) is 37.5 Å². The average molecular weight is 332 g/mol. The summed E-state index contributed by atoms with van der Waals surface area (Å²) in [5.74, 6) is -0.0105. The van der Waals surface area contributed by atoms with E-state index in [9.17, 15) is 9.59 Å². The Morgan fingerprint density at radius 3 is 2.52 bits per heavy atom. The van der Waals surface area contributed by atoms with E-state index in [1.165, 1.54) is 4.90 Å². The highest BCUT2D eigenvalue weighted by Crippen LogP contribution is 2.35. The van der Waals surface area contributed by atoms with Crippen LogP contribution in [0.15, 0.2) is 59.1 Å². The molecule has 4 rings (SSSR count). The number of rotatable bonds is 2. The van der Waals surface area contributed by atoms with Crippen LogP contribution in [0.5, 0.6) is 5.75 Å². The number of para-hydroxylation sites is 1. The van der Waals surface area contributed by atoms with Crippen LogP contribution in [-0.2, 0) is 9.59 Å². The predicted molar refractivity (Wildman–Crippen MR) is 95.9 cm³/mol. The van der Waals surface area contributed by atoms with Gasteiger partial charge in [0.2, 0.25) is 0 Å². The quantitative estimate of drug-likeness (QED) is 0.795. The average Bonchev–Trinajstić information content (AvgIpc) is 2.78. The normalized spacial score (nSPS) is 19.0. The number of hydrogen-bond donors (Lipinski definition) is 0. The summed E-state index contributed by atoms with van der Waals surface area (Å²) in [6.45, 7) is 1.85. The number of hydrogen-bond acceptors (Lipinski definition) is 4. The highest BCUT2D eigenvalue weighted by atomic mass is 16.5. The smallest absolute Gasteiger partial charge is 0.263 e. The summed E-state index contributed by atoms with van der Waals surface area (Å²) in [7, 11) is 1.58. The second kappa shape index (κ2) is 5.70. The molecule has 5 nitrogen and oxygen atoms in total. The zero-order chi connectivity index (χ0) is 17.6. The van der Waals surface area contributed by atoms with Crippen LogP contribution in [0.1, 0.15) is 18.1 Å². The van der Waals surface area contributed by atoms with Gasteiger partial charge in [-0.05, 0) is 31.2 Å². The van der Waals surface area contributed by atoms with Gasteiger partial charge >= 0.3 is 0 Å². The van der Waals surface area contributed by atoms with E-state index in [4.69, 9.17) is 4.74 Å². The van der Waals surface area contributed by atoms with Crippen molar-refractivity contribution in [3.8, 4) is 5.75 Å². The van der Waals surface area contributed by atoms with Gasteiger partial charge < -0.3 is 4.74 Å². The number of aliphatic imine (C=N–C) groups is 1. The van der Waals surface area contributed by atoms with Gasteiger partial charge in [0.25, 0.3) is 11.8 Å². The molecule has 0 aliphatic carbocycles. The Kier molecular flexibility index (Phi) is 3.50. The fourth-order valence-corrected chi connectivity index (χ4v) is 3.29. The molecule has 2 heterocycles. The Hall–Kier alpha value is -3.21. The number of nitrogens with zero attached hydrogens (tertiary/aromatic N) is 2. The van der Waals surface area contributed by atoms with Crippen LogP contribution in [-0.4, -0.2) is 30.7 Å². The van der Waals surface area contributed by atoms with Gasteiger partial charge in [-0.2, -0.15) is 0 Å². The molecule has 2 aromatic carbocycles. The minimum atomic E-state index is -0.815. The molecule has 25 heavy (non-hydrogen) atoms. The monoisotopic (exact) mass is 332 g/mol. The molecule has 0 spiro atoms. The van der Waals surface area contributed by atoms with E-state index in [2.05, 4.69) is 4.99 Å². The van der Waals surface area contributed by atoms with Crippen molar-refractivity contribution in [3.05, 3.63) is 65.2 Å². The highest BCUT2D eigenvalue weighted by molar-refractivity contribution is 6.33. The van der Waals surface area contributed by atoms with Crippen molar-refractivity contribution in [3.63, 3.8) is 0 Å². The summed E-state index contributed by atoms with van der Waals surface area (Å²) in [4.78, 5) is 31.6. The molecule has 1 atom stereocenters. The molecule has 0 N–H and O–H groups in total. The van der Waals surface area contributed by atoms with Crippen LogP contribution in [0.2, 0.25) is 0 Å². The number of carbonyl (C=O) groups is 2. The number of ether oxygens (including phenoxy) is 1. The van der Waals surface area contributed by atoms with Gasteiger partial charge in [-0.15, -0.1) is 0 Å². The van der Waals surface area contributed by atoms with Crippen molar-refractivity contribution in [2.45, 2.75) is 13.0 Å². The molecule has 0 radical (unpaired) electrons. The fourth-order valence-electron chi connectivity index (χ4n) is 3.29. The third kappa shape index (κ3) is 2.28. The SMILES string of the molecule is COc1cccc2c1C=C1C(=O)N(c3ccccc3)C(=O)C1N=C2C. The molecule has 2 aliphatic rings. The van der Waals surface area contributed by atoms with Crippen LogP contribution >= 0.6 is 0 Å². The molecule has 2 aromatic rings. The first-order chi connectivity index (χ1) is 12.1. The summed E-state index contributed by atoms with van der Waals surface area (Å²) in [5.41, 5.74) is 3.28. The maximum atomic E-state index is 12.9. The molecule has 124 valence electrons. The zero-order valence-electron chi connectivity index (χ0n) is 13.9. The molecule has 1 unspecified atom stereocenters.